The van der Waals surface area contributed by atoms with E-state index in [9.17, 15) is 0 Å². The molecule has 1 unspecified atom stereocenters. The summed E-state index contributed by atoms with van der Waals surface area (Å²) in [6.45, 7) is 5.30. The first-order valence-corrected chi connectivity index (χ1v) is 5.83. The molecule has 0 aromatic carbocycles. The van der Waals surface area contributed by atoms with Crippen molar-refractivity contribution in [3.05, 3.63) is 29.6 Å². The number of unbranched alkanes of at least 4 members (excludes halogenated alkanes) is 2. The minimum atomic E-state index is 0.361. The third-order valence-corrected chi connectivity index (χ3v) is 2.74. The normalized spacial score (nSPS) is 12.1. The van der Waals surface area contributed by atoms with Crippen molar-refractivity contribution in [2.24, 2.45) is 0 Å². The molecule has 86 valence electrons. The highest BCUT2D eigenvalue weighted by atomic mass is 14.9. The van der Waals surface area contributed by atoms with Crippen LogP contribution in [0.2, 0.25) is 0 Å². The fraction of sp³-hybridized carbons (Fsp3) is 0.500. The number of pyridine rings is 1. The second kappa shape index (κ2) is 7.03. The Kier molecular flexibility index (Phi) is 5.60. The summed E-state index contributed by atoms with van der Waals surface area (Å²) in [7, 11) is 0. The third kappa shape index (κ3) is 4.04. The van der Waals surface area contributed by atoms with Crippen molar-refractivity contribution in [2.45, 2.75) is 39.2 Å². The van der Waals surface area contributed by atoms with Gasteiger partial charge in [0.05, 0.1) is 0 Å². The zero-order chi connectivity index (χ0) is 11.8. The molecule has 0 fully saturated rings. The second-order valence-corrected chi connectivity index (χ2v) is 4.07. The molecule has 0 aliphatic rings. The smallest absolute Gasteiger partial charge is 0.0318 e. The Hall–Kier alpha value is -1.33. The van der Waals surface area contributed by atoms with Gasteiger partial charge in [0.2, 0.25) is 0 Å². The van der Waals surface area contributed by atoms with Gasteiger partial charge in [0.25, 0.3) is 0 Å². The number of nitrogens with one attached hydrogen (secondary N) is 1. The van der Waals surface area contributed by atoms with Crippen LogP contribution in [0.15, 0.2) is 18.5 Å². The van der Waals surface area contributed by atoms with Gasteiger partial charge in [-0.25, -0.2) is 0 Å². The van der Waals surface area contributed by atoms with Crippen LogP contribution in [0.25, 0.3) is 0 Å². The average molecular weight is 216 g/mol. The monoisotopic (exact) mass is 216 g/mol. The highest BCUT2D eigenvalue weighted by Gasteiger charge is 2.06. The summed E-state index contributed by atoms with van der Waals surface area (Å²) in [6, 6.07) is 2.41. The molecule has 0 bridgehead atoms. The summed E-state index contributed by atoms with van der Waals surface area (Å²) in [5.74, 6) is 2.66. The molecule has 0 saturated carbocycles. The lowest BCUT2D eigenvalue weighted by molar-refractivity contribution is 0.546. The van der Waals surface area contributed by atoms with Crippen LogP contribution >= 0.6 is 0 Å². The van der Waals surface area contributed by atoms with E-state index in [1.807, 2.05) is 18.5 Å². The number of terminal acetylenes is 1. The second-order valence-electron chi connectivity index (χ2n) is 4.07. The van der Waals surface area contributed by atoms with Crippen molar-refractivity contribution >= 4 is 0 Å². The molecule has 1 heterocycles. The van der Waals surface area contributed by atoms with Gasteiger partial charge in [0.15, 0.2) is 0 Å². The Morgan fingerprint density at radius 1 is 1.50 bits per heavy atom. The van der Waals surface area contributed by atoms with Crippen LogP contribution in [-0.2, 0) is 0 Å². The van der Waals surface area contributed by atoms with Gasteiger partial charge in [-0.1, -0.05) is 0 Å². The van der Waals surface area contributed by atoms with Gasteiger partial charge in [-0.2, -0.15) is 0 Å². The number of rotatable bonds is 6. The first kappa shape index (κ1) is 12.7. The molecule has 1 N–H and O–H groups in total. The summed E-state index contributed by atoms with van der Waals surface area (Å²) < 4.78 is 0. The van der Waals surface area contributed by atoms with Crippen molar-refractivity contribution in [2.75, 3.05) is 6.54 Å². The Morgan fingerprint density at radius 3 is 3.00 bits per heavy atom. The molecule has 16 heavy (non-hydrogen) atoms. The van der Waals surface area contributed by atoms with Gasteiger partial charge in [0, 0.05) is 24.9 Å². The number of aryl methyl sites for hydroxylation is 1. The maximum absolute atomic E-state index is 5.20. The van der Waals surface area contributed by atoms with Gasteiger partial charge in [-0.15, -0.1) is 12.3 Å². The fourth-order valence-electron chi connectivity index (χ4n) is 1.71. The largest absolute Gasteiger partial charge is 0.310 e. The predicted molar refractivity (Wildman–Crippen MR) is 68.1 cm³/mol. The molecule has 0 aliphatic carbocycles. The van der Waals surface area contributed by atoms with E-state index in [-0.39, 0.29) is 0 Å². The zero-order valence-electron chi connectivity index (χ0n) is 10.2. The number of hydrogen-bond donors (Lipinski definition) is 1. The molecular formula is C14H20N2. The molecule has 1 atom stereocenters. The van der Waals surface area contributed by atoms with Crippen LogP contribution in [0, 0.1) is 19.3 Å². The molecule has 1 rings (SSSR count). The first-order chi connectivity index (χ1) is 7.75. The summed E-state index contributed by atoms with van der Waals surface area (Å²) in [6.07, 6.45) is 12.1. The molecule has 2 nitrogen and oxygen atoms in total. The molecule has 1 aromatic heterocycles. The third-order valence-electron chi connectivity index (χ3n) is 2.74. The minimum Gasteiger partial charge on any atom is -0.310 e. The quantitative estimate of drug-likeness (QED) is 0.584. The van der Waals surface area contributed by atoms with Crippen LogP contribution in [0.4, 0.5) is 0 Å². The molecule has 0 aliphatic heterocycles. The highest BCUT2D eigenvalue weighted by molar-refractivity contribution is 5.24. The standard InChI is InChI=1S/C14H20N2/c1-4-5-6-7-9-16-13(3)14-11-15-10-8-12(14)2/h1,8,10-11,13,16H,5-7,9H2,2-3H3. The van der Waals surface area contributed by atoms with Crippen LogP contribution in [-0.4, -0.2) is 11.5 Å². The molecule has 0 amide bonds. The van der Waals surface area contributed by atoms with Crippen molar-refractivity contribution < 1.29 is 0 Å². The lowest BCUT2D eigenvalue weighted by Gasteiger charge is -2.15. The van der Waals surface area contributed by atoms with E-state index in [0.717, 1.165) is 25.8 Å². The maximum Gasteiger partial charge on any atom is 0.0318 e. The van der Waals surface area contributed by atoms with E-state index in [4.69, 9.17) is 6.42 Å². The number of hydrogen-bond acceptors (Lipinski definition) is 2. The SMILES string of the molecule is C#CCCCCNC(C)c1cnccc1C. The van der Waals surface area contributed by atoms with E-state index in [0.29, 0.717) is 6.04 Å². The molecule has 0 radical (unpaired) electrons. The summed E-state index contributed by atoms with van der Waals surface area (Å²) >= 11 is 0. The molecular weight excluding hydrogens is 196 g/mol. The van der Waals surface area contributed by atoms with Gasteiger partial charge >= 0.3 is 0 Å². The van der Waals surface area contributed by atoms with Crippen molar-refractivity contribution in [1.82, 2.24) is 10.3 Å². The van der Waals surface area contributed by atoms with Crippen LogP contribution in [0.1, 0.15) is 43.4 Å². The Morgan fingerprint density at radius 2 is 2.31 bits per heavy atom. The van der Waals surface area contributed by atoms with Gasteiger partial charge < -0.3 is 5.32 Å². The average Bonchev–Trinajstić information content (AvgIpc) is 2.29. The first-order valence-electron chi connectivity index (χ1n) is 5.83. The van der Waals surface area contributed by atoms with E-state index in [1.54, 1.807) is 0 Å². The summed E-state index contributed by atoms with van der Waals surface area (Å²) in [4.78, 5) is 4.16. The topological polar surface area (TPSA) is 24.9 Å². The van der Waals surface area contributed by atoms with Crippen molar-refractivity contribution in [3.8, 4) is 12.3 Å². The zero-order valence-corrected chi connectivity index (χ0v) is 10.2. The van der Waals surface area contributed by atoms with Crippen LogP contribution in [0.3, 0.4) is 0 Å². The van der Waals surface area contributed by atoms with Gasteiger partial charge in [-0.3, -0.25) is 4.98 Å². The summed E-state index contributed by atoms with van der Waals surface area (Å²) in [5, 5.41) is 3.49. The lowest BCUT2D eigenvalue weighted by Crippen LogP contribution is -2.20. The van der Waals surface area contributed by atoms with E-state index >= 15 is 0 Å². The minimum absolute atomic E-state index is 0.361. The van der Waals surface area contributed by atoms with Crippen LogP contribution in [0.5, 0.6) is 0 Å². The highest BCUT2D eigenvalue weighted by Crippen LogP contribution is 2.15. The van der Waals surface area contributed by atoms with Crippen LogP contribution < -0.4 is 5.32 Å². The predicted octanol–water partition coefficient (Wildman–Crippen LogP) is 2.84. The lowest BCUT2D eigenvalue weighted by atomic mass is 10.1. The Bertz CT molecular complexity index is 352. The molecule has 2 heteroatoms. The Labute approximate surface area is 98.5 Å². The molecule has 0 spiro atoms. The molecule has 0 saturated heterocycles. The van der Waals surface area contributed by atoms with Crippen molar-refractivity contribution in [1.29, 1.82) is 0 Å². The van der Waals surface area contributed by atoms with E-state index < -0.39 is 0 Å². The van der Waals surface area contributed by atoms with E-state index in [2.05, 4.69) is 30.1 Å². The number of aromatic nitrogens is 1. The van der Waals surface area contributed by atoms with Crippen molar-refractivity contribution in [3.63, 3.8) is 0 Å². The molecule has 1 aromatic rings. The maximum atomic E-state index is 5.20. The van der Waals surface area contributed by atoms with Gasteiger partial charge in [-0.05, 0) is 50.4 Å². The number of nitrogens with zero attached hydrogens (tertiary/aromatic N) is 1. The summed E-state index contributed by atoms with van der Waals surface area (Å²) in [5.41, 5.74) is 2.57. The van der Waals surface area contributed by atoms with Gasteiger partial charge in [0.1, 0.15) is 0 Å². The van der Waals surface area contributed by atoms with E-state index in [1.165, 1.54) is 11.1 Å². The fourth-order valence-corrected chi connectivity index (χ4v) is 1.71. The Balaban J connectivity index is 2.33.